The fourth-order valence-corrected chi connectivity index (χ4v) is 2.90. The number of carbonyl (C=O) groups excluding carboxylic acids is 1. The second kappa shape index (κ2) is 5.46. The van der Waals surface area contributed by atoms with Gasteiger partial charge in [-0.05, 0) is 43.4 Å². The topological polar surface area (TPSA) is 72.2 Å². The van der Waals surface area contributed by atoms with Crippen LogP contribution >= 0.6 is 0 Å². The van der Waals surface area contributed by atoms with Gasteiger partial charge in [0.15, 0.2) is 0 Å². The first-order valence-electron chi connectivity index (χ1n) is 7.76. The molecule has 0 saturated heterocycles. The van der Waals surface area contributed by atoms with Gasteiger partial charge in [0.2, 0.25) is 0 Å². The molecule has 0 aromatic carbocycles. The lowest BCUT2D eigenvalue weighted by atomic mass is 10.3. The fourth-order valence-electron chi connectivity index (χ4n) is 2.90. The third-order valence-corrected chi connectivity index (χ3v) is 4.10. The molecule has 0 spiro atoms. The molecular formula is C17H17N5O. The van der Waals surface area contributed by atoms with Crippen molar-refractivity contribution in [1.29, 1.82) is 0 Å². The highest BCUT2D eigenvalue weighted by Gasteiger charge is 2.15. The number of hydrogen-bond donors (Lipinski definition) is 1. The number of imidazole rings is 1. The summed E-state index contributed by atoms with van der Waals surface area (Å²) in [4.78, 5) is 25.4. The van der Waals surface area contributed by atoms with Crippen LogP contribution in [0.4, 0.5) is 0 Å². The highest BCUT2D eigenvalue weighted by Crippen LogP contribution is 2.18. The van der Waals surface area contributed by atoms with Gasteiger partial charge in [-0.2, -0.15) is 0 Å². The lowest BCUT2D eigenvalue weighted by Crippen LogP contribution is -2.24. The van der Waals surface area contributed by atoms with Crippen LogP contribution in [0.25, 0.3) is 5.65 Å². The Morgan fingerprint density at radius 3 is 3.09 bits per heavy atom. The van der Waals surface area contributed by atoms with E-state index in [-0.39, 0.29) is 5.91 Å². The summed E-state index contributed by atoms with van der Waals surface area (Å²) in [6.45, 7) is 2.32. The van der Waals surface area contributed by atoms with Crippen molar-refractivity contribution in [2.45, 2.75) is 32.7 Å². The van der Waals surface area contributed by atoms with Crippen LogP contribution in [0.1, 0.15) is 39.6 Å². The van der Waals surface area contributed by atoms with Crippen LogP contribution in [0.2, 0.25) is 0 Å². The molecule has 0 fully saturated rings. The van der Waals surface area contributed by atoms with Gasteiger partial charge in [0.1, 0.15) is 17.2 Å². The quantitative estimate of drug-likeness (QED) is 0.801. The molecule has 0 bridgehead atoms. The molecule has 0 radical (unpaired) electrons. The molecule has 0 unspecified atom stereocenters. The van der Waals surface area contributed by atoms with Crippen molar-refractivity contribution in [2.75, 3.05) is 0 Å². The molecular weight excluding hydrogens is 290 g/mol. The van der Waals surface area contributed by atoms with Gasteiger partial charge in [0.25, 0.3) is 5.91 Å². The average molecular weight is 307 g/mol. The van der Waals surface area contributed by atoms with Crippen molar-refractivity contribution in [2.24, 2.45) is 0 Å². The Balaban J connectivity index is 1.48. The molecule has 6 heteroatoms. The zero-order valence-corrected chi connectivity index (χ0v) is 12.9. The van der Waals surface area contributed by atoms with Gasteiger partial charge in [0, 0.05) is 24.3 Å². The van der Waals surface area contributed by atoms with Gasteiger partial charge < -0.3 is 9.72 Å². The predicted octanol–water partition coefficient (Wildman–Crippen LogP) is 1.85. The smallest absolute Gasteiger partial charge is 0.271 e. The third kappa shape index (κ3) is 2.67. The highest BCUT2D eigenvalue weighted by atomic mass is 16.1. The number of amides is 1. The second-order valence-electron chi connectivity index (χ2n) is 5.89. The Morgan fingerprint density at radius 2 is 2.17 bits per heavy atom. The number of hydrogen-bond acceptors (Lipinski definition) is 4. The molecule has 6 nitrogen and oxygen atoms in total. The standard InChI is InChI=1S/C17H17N5O/c1-11-5-6-16-21-14(10-22(16)9-11)17(23)19-8-15-18-7-12-3-2-4-13(12)20-15/h5-7,9-10H,2-4,8H2,1H3,(H,19,23). The van der Waals surface area contributed by atoms with Crippen LogP contribution < -0.4 is 5.32 Å². The summed E-state index contributed by atoms with van der Waals surface area (Å²) in [5.74, 6) is 0.439. The molecule has 0 atom stereocenters. The summed E-state index contributed by atoms with van der Waals surface area (Å²) in [7, 11) is 0. The van der Waals surface area contributed by atoms with Crippen LogP contribution in [-0.4, -0.2) is 25.3 Å². The lowest BCUT2D eigenvalue weighted by Gasteiger charge is -2.04. The van der Waals surface area contributed by atoms with Gasteiger partial charge in [-0.15, -0.1) is 0 Å². The van der Waals surface area contributed by atoms with Gasteiger partial charge >= 0.3 is 0 Å². The number of fused-ring (bicyclic) bond motifs is 2. The van der Waals surface area contributed by atoms with Crippen molar-refractivity contribution in [3.05, 3.63) is 59.1 Å². The van der Waals surface area contributed by atoms with Crippen molar-refractivity contribution >= 4 is 11.6 Å². The van der Waals surface area contributed by atoms with Gasteiger partial charge in [0.05, 0.1) is 6.54 Å². The maximum absolute atomic E-state index is 12.3. The maximum Gasteiger partial charge on any atom is 0.271 e. The van der Waals surface area contributed by atoms with Gasteiger partial charge in [-0.25, -0.2) is 15.0 Å². The molecule has 116 valence electrons. The van der Waals surface area contributed by atoms with E-state index in [4.69, 9.17) is 0 Å². The first-order valence-corrected chi connectivity index (χ1v) is 7.76. The number of nitrogens with one attached hydrogen (secondary N) is 1. The molecule has 23 heavy (non-hydrogen) atoms. The molecule has 1 amide bonds. The van der Waals surface area contributed by atoms with Gasteiger partial charge in [-0.3, -0.25) is 4.79 Å². The molecule has 1 N–H and O–H groups in total. The van der Waals surface area contributed by atoms with E-state index >= 15 is 0 Å². The van der Waals surface area contributed by atoms with Crippen LogP contribution in [0, 0.1) is 6.92 Å². The Morgan fingerprint density at radius 1 is 1.26 bits per heavy atom. The van der Waals surface area contributed by atoms with E-state index in [2.05, 4.69) is 20.3 Å². The van der Waals surface area contributed by atoms with Crippen LogP contribution in [0.15, 0.2) is 30.7 Å². The molecule has 0 saturated carbocycles. The SMILES string of the molecule is Cc1ccc2nc(C(=O)NCc3ncc4c(n3)CCC4)cn2c1. The summed E-state index contributed by atoms with van der Waals surface area (Å²) in [6.07, 6.45) is 8.77. The normalized spacial score (nSPS) is 13.3. The Kier molecular flexibility index (Phi) is 3.29. The number of carbonyl (C=O) groups is 1. The van der Waals surface area contributed by atoms with Crippen molar-refractivity contribution in [3.8, 4) is 0 Å². The summed E-state index contributed by atoms with van der Waals surface area (Å²) in [6, 6.07) is 3.87. The number of nitrogens with zero attached hydrogens (tertiary/aromatic N) is 4. The zero-order valence-electron chi connectivity index (χ0n) is 12.9. The number of aryl methyl sites for hydroxylation is 3. The predicted molar refractivity (Wildman–Crippen MR) is 85.2 cm³/mol. The monoisotopic (exact) mass is 307 g/mol. The molecule has 1 aliphatic rings. The van der Waals surface area contributed by atoms with Crippen LogP contribution in [0.3, 0.4) is 0 Å². The Labute approximate surface area is 133 Å². The Hall–Kier alpha value is -2.76. The van der Waals surface area contributed by atoms with Crippen LogP contribution in [-0.2, 0) is 19.4 Å². The van der Waals surface area contributed by atoms with Gasteiger partial charge in [-0.1, -0.05) is 6.07 Å². The number of aromatic nitrogens is 4. The first-order chi connectivity index (χ1) is 11.2. The summed E-state index contributed by atoms with van der Waals surface area (Å²) >= 11 is 0. The molecule has 3 aromatic heterocycles. The maximum atomic E-state index is 12.3. The largest absolute Gasteiger partial charge is 0.343 e. The molecule has 3 heterocycles. The van der Waals surface area contributed by atoms with Crippen LogP contribution in [0.5, 0.6) is 0 Å². The van der Waals surface area contributed by atoms with Crippen molar-refractivity contribution in [1.82, 2.24) is 24.7 Å². The minimum Gasteiger partial charge on any atom is -0.343 e. The minimum absolute atomic E-state index is 0.213. The Bertz CT molecular complexity index is 899. The molecule has 4 rings (SSSR count). The van der Waals surface area contributed by atoms with E-state index in [0.717, 1.165) is 36.2 Å². The second-order valence-corrected chi connectivity index (χ2v) is 5.89. The number of rotatable bonds is 3. The van der Waals surface area contributed by atoms with E-state index in [1.54, 1.807) is 6.20 Å². The molecule has 3 aromatic rings. The van der Waals surface area contributed by atoms with Crippen molar-refractivity contribution < 1.29 is 4.79 Å². The van der Waals surface area contributed by atoms with E-state index in [0.29, 0.717) is 18.1 Å². The average Bonchev–Trinajstić information content (AvgIpc) is 3.17. The number of pyridine rings is 1. The van der Waals surface area contributed by atoms with E-state index in [9.17, 15) is 4.79 Å². The fraction of sp³-hybridized carbons (Fsp3) is 0.294. The minimum atomic E-state index is -0.213. The lowest BCUT2D eigenvalue weighted by molar-refractivity contribution is 0.0945. The third-order valence-electron chi connectivity index (χ3n) is 4.10. The summed E-state index contributed by atoms with van der Waals surface area (Å²) in [5, 5.41) is 2.84. The van der Waals surface area contributed by atoms with E-state index in [1.807, 2.05) is 35.9 Å². The van der Waals surface area contributed by atoms with E-state index < -0.39 is 0 Å². The summed E-state index contributed by atoms with van der Waals surface area (Å²) in [5.41, 5.74) is 4.63. The van der Waals surface area contributed by atoms with Crippen molar-refractivity contribution in [3.63, 3.8) is 0 Å². The van der Waals surface area contributed by atoms with E-state index in [1.165, 1.54) is 5.56 Å². The zero-order chi connectivity index (χ0) is 15.8. The molecule has 0 aliphatic heterocycles. The summed E-state index contributed by atoms with van der Waals surface area (Å²) < 4.78 is 1.86. The molecule has 1 aliphatic carbocycles. The first kappa shape index (κ1) is 13.9. The highest BCUT2D eigenvalue weighted by molar-refractivity contribution is 5.92.